The molecule has 0 saturated heterocycles. The number of nitrogens with zero attached hydrogens (tertiary/aromatic N) is 2. The quantitative estimate of drug-likeness (QED) is 0.588. The average molecular weight is 375 g/mol. The molecular weight excluding hydrogens is 369 g/mol. The van der Waals surface area contributed by atoms with Gasteiger partial charge in [0.25, 0.3) is 0 Å². The Labute approximate surface area is 143 Å². The molecule has 0 unspecified atom stereocenters. The smallest absolute Gasteiger partial charge is 0.409 e. The van der Waals surface area contributed by atoms with Crippen LogP contribution in [-0.4, -0.2) is 21.2 Å². The van der Waals surface area contributed by atoms with Crippen molar-refractivity contribution in [2.75, 3.05) is 5.32 Å². The van der Waals surface area contributed by atoms with Crippen LogP contribution in [0.2, 0.25) is 15.2 Å². The number of hydrogen-bond acceptors (Lipinski definition) is 4. The molecule has 0 bridgehead atoms. The van der Waals surface area contributed by atoms with Gasteiger partial charge in [0.05, 0.1) is 20.3 Å². The fourth-order valence-electron chi connectivity index (χ4n) is 1.90. The molecule has 3 aromatic rings. The zero-order chi connectivity index (χ0) is 15.9. The highest BCUT2D eigenvalue weighted by Gasteiger charge is 2.17. The monoisotopic (exact) mass is 373 g/mol. The standard InChI is InChI=1S/C13H6Cl3N3O2S/c14-6-3-5(18-13(20)21)4-7(15)9(6)12-19-8-1-2-17-11(16)10(8)22-12/h1-4,18H,(H,20,21). The first-order chi connectivity index (χ1) is 10.5. The minimum atomic E-state index is -1.20. The SMILES string of the molecule is O=C(O)Nc1cc(Cl)c(-c2nc3ccnc(Cl)c3s2)c(Cl)c1. The predicted octanol–water partition coefficient (Wildman–Crippen LogP) is 5.41. The first kappa shape index (κ1) is 15.3. The number of amides is 1. The molecule has 0 spiro atoms. The number of pyridine rings is 1. The number of aromatic nitrogens is 2. The van der Waals surface area contributed by atoms with Crippen LogP contribution in [0.3, 0.4) is 0 Å². The van der Waals surface area contributed by atoms with Gasteiger partial charge in [0.15, 0.2) is 0 Å². The summed E-state index contributed by atoms with van der Waals surface area (Å²) in [4.78, 5) is 19.1. The fourth-order valence-corrected chi connectivity index (χ4v) is 3.97. The maximum Gasteiger partial charge on any atom is 0.409 e. The number of halogens is 3. The van der Waals surface area contributed by atoms with Gasteiger partial charge >= 0.3 is 6.09 Å². The van der Waals surface area contributed by atoms with Crippen LogP contribution in [0.1, 0.15) is 0 Å². The number of hydrogen-bond donors (Lipinski definition) is 2. The topological polar surface area (TPSA) is 75.1 Å². The summed E-state index contributed by atoms with van der Waals surface area (Å²) in [5, 5.41) is 12.5. The van der Waals surface area contributed by atoms with Crippen LogP contribution in [-0.2, 0) is 0 Å². The van der Waals surface area contributed by atoms with E-state index in [4.69, 9.17) is 39.9 Å². The van der Waals surface area contributed by atoms with E-state index in [9.17, 15) is 4.79 Å². The van der Waals surface area contributed by atoms with Gasteiger partial charge in [-0.2, -0.15) is 0 Å². The van der Waals surface area contributed by atoms with Crippen molar-refractivity contribution in [2.24, 2.45) is 0 Å². The van der Waals surface area contributed by atoms with E-state index in [2.05, 4.69) is 15.3 Å². The lowest BCUT2D eigenvalue weighted by molar-refractivity contribution is 0.210. The third-order valence-corrected chi connectivity index (χ3v) is 4.86. The molecule has 2 N–H and O–H groups in total. The minimum absolute atomic E-state index is 0.284. The number of rotatable bonds is 2. The first-order valence-corrected chi connectivity index (χ1v) is 7.81. The average Bonchev–Trinajstić information content (AvgIpc) is 2.82. The molecule has 3 rings (SSSR count). The highest BCUT2D eigenvalue weighted by atomic mass is 35.5. The molecule has 0 saturated carbocycles. The van der Waals surface area contributed by atoms with Crippen LogP contribution < -0.4 is 5.32 Å². The number of benzene rings is 1. The van der Waals surface area contributed by atoms with Crippen LogP contribution in [0, 0.1) is 0 Å². The molecule has 0 atom stereocenters. The lowest BCUT2D eigenvalue weighted by Crippen LogP contribution is -2.07. The third kappa shape index (κ3) is 2.83. The van der Waals surface area contributed by atoms with Crippen LogP contribution in [0.15, 0.2) is 24.4 Å². The maximum atomic E-state index is 10.7. The van der Waals surface area contributed by atoms with Gasteiger partial charge in [0.2, 0.25) is 0 Å². The number of carboxylic acid groups (broad SMARTS) is 1. The van der Waals surface area contributed by atoms with Crippen LogP contribution in [0.5, 0.6) is 0 Å². The summed E-state index contributed by atoms with van der Waals surface area (Å²) in [5.74, 6) is 0. The van der Waals surface area contributed by atoms with Crippen molar-refractivity contribution in [3.63, 3.8) is 0 Å². The Morgan fingerprint density at radius 3 is 2.50 bits per heavy atom. The highest BCUT2D eigenvalue weighted by molar-refractivity contribution is 7.22. The summed E-state index contributed by atoms with van der Waals surface area (Å²) in [7, 11) is 0. The zero-order valence-corrected chi connectivity index (χ0v) is 13.7. The van der Waals surface area contributed by atoms with Gasteiger partial charge in [-0.05, 0) is 18.2 Å². The Kier molecular flexibility index (Phi) is 4.10. The van der Waals surface area contributed by atoms with Gasteiger partial charge in [0, 0.05) is 17.4 Å². The second-order valence-electron chi connectivity index (χ2n) is 4.21. The Morgan fingerprint density at radius 1 is 1.23 bits per heavy atom. The number of thiazole rings is 1. The van der Waals surface area contributed by atoms with Crippen molar-refractivity contribution in [1.29, 1.82) is 0 Å². The molecule has 0 aliphatic carbocycles. The molecule has 0 aliphatic rings. The Hall–Kier alpha value is -1.60. The Morgan fingerprint density at radius 2 is 1.91 bits per heavy atom. The summed E-state index contributed by atoms with van der Waals surface area (Å²) >= 11 is 19.8. The molecule has 0 radical (unpaired) electrons. The lowest BCUT2D eigenvalue weighted by atomic mass is 10.2. The molecular formula is C13H6Cl3N3O2S. The summed E-state index contributed by atoms with van der Waals surface area (Å²) < 4.78 is 0.735. The predicted molar refractivity (Wildman–Crippen MR) is 89.5 cm³/mol. The molecule has 0 fully saturated rings. The molecule has 0 aliphatic heterocycles. The minimum Gasteiger partial charge on any atom is -0.465 e. The molecule has 1 amide bonds. The van der Waals surface area contributed by atoms with E-state index in [1.165, 1.54) is 23.5 Å². The molecule has 2 heterocycles. The van der Waals surface area contributed by atoms with Crippen molar-refractivity contribution < 1.29 is 9.90 Å². The van der Waals surface area contributed by atoms with E-state index in [1.54, 1.807) is 12.3 Å². The number of fused-ring (bicyclic) bond motifs is 1. The van der Waals surface area contributed by atoms with Crippen molar-refractivity contribution in [3.05, 3.63) is 39.6 Å². The molecule has 112 valence electrons. The fraction of sp³-hybridized carbons (Fsp3) is 0. The second kappa shape index (κ2) is 5.89. The summed E-state index contributed by atoms with van der Waals surface area (Å²) in [6.07, 6.45) is 0.370. The molecule has 5 nitrogen and oxygen atoms in total. The molecule has 2 aromatic heterocycles. The Balaban J connectivity index is 2.14. The zero-order valence-electron chi connectivity index (χ0n) is 10.6. The normalized spacial score (nSPS) is 10.9. The highest BCUT2D eigenvalue weighted by Crippen LogP contribution is 2.41. The van der Waals surface area contributed by atoms with E-state index < -0.39 is 6.09 Å². The van der Waals surface area contributed by atoms with Crippen LogP contribution >= 0.6 is 46.1 Å². The number of carbonyl (C=O) groups is 1. The van der Waals surface area contributed by atoms with Gasteiger partial charge in [0.1, 0.15) is 10.2 Å². The van der Waals surface area contributed by atoms with Crippen molar-refractivity contribution in [1.82, 2.24) is 9.97 Å². The summed E-state index contributed by atoms with van der Waals surface area (Å²) in [6, 6.07) is 4.69. The second-order valence-corrected chi connectivity index (χ2v) is 6.39. The molecule has 1 aromatic carbocycles. The van der Waals surface area contributed by atoms with Gasteiger partial charge in [-0.3, -0.25) is 5.32 Å². The van der Waals surface area contributed by atoms with E-state index in [0.717, 1.165) is 4.70 Å². The van der Waals surface area contributed by atoms with Crippen LogP contribution in [0.25, 0.3) is 20.8 Å². The lowest BCUT2D eigenvalue weighted by Gasteiger charge is -2.07. The number of anilines is 1. The third-order valence-electron chi connectivity index (χ3n) is 2.77. The molecule has 22 heavy (non-hydrogen) atoms. The maximum absolute atomic E-state index is 10.7. The van der Waals surface area contributed by atoms with Crippen LogP contribution in [0.4, 0.5) is 10.5 Å². The first-order valence-electron chi connectivity index (χ1n) is 5.86. The van der Waals surface area contributed by atoms with E-state index in [1.807, 2.05) is 0 Å². The summed E-state index contributed by atoms with van der Waals surface area (Å²) in [6.45, 7) is 0. The van der Waals surface area contributed by atoms with E-state index >= 15 is 0 Å². The van der Waals surface area contributed by atoms with Gasteiger partial charge in [-0.1, -0.05) is 34.8 Å². The molecule has 9 heteroatoms. The van der Waals surface area contributed by atoms with E-state index in [0.29, 0.717) is 31.3 Å². The van der Waals surface area contributed by atoms with E-state index in [-0.39, 0.29) is 5.69 Å². The van der Waals surface area contributed by atoms with Gasteiger partial charge in [-0.25, -0.2) is 14.8 Å². The van der Waals surface area contributed by atoms with Gasteiger partial charge < -0.3 is 5.11 Å². The van der Waals surface area contributed by atoms with Crippen molar-refractivity contribution in [3.8, 4) is 10.6 Å². The van der Waals surface area contributed by atoms with Crippen molar-refractivity contribution >= 4 is 68.1 Å². The van der Waals surface area contributed by atoms with Crippen molar-refractivity contribution in [2.45, 2.75) is 0 Å². The number of nitrogens with one attached hydrogen (secondary N) is 1. The Bertz CT molecular complexity index is 874. The largest absolute Gasteiger partial charge is 0.465 e. The van der Waals surface area contributed by atoms with Gasteiger partial charge in [-0.15, -0.1) is 11.3 Å². The summed E-state index contributed by atoms with van der Waals surface area (Å²) in [5.41, 5.74) is 1.50.